The van der Waals surface area contributed by atoms with Crippen LogP contribution in [0.5, 0.6) is 5.75 Å². The molecule has 0 aliphatic heterocycles. The van der Waals surface area contributed by atoms with Crippen molar-refractivity contribution >= 4 is 23.2 Å². The molecule has 0 atom stereocenters. The van der Waals surface area contributed by atoms with E-state index in [2.05, 4.69) is 5.32 Å². The van der Waals surface area contributed by atoms with Crippen LogP contribution >= 0.6 is 11.6 Å². The van der Waals surface area contributed by atoms with Crippen molar-refractivity contribution in [1.82, 2.24) is 0 Å². The lowest BCUT2D eigenvalue weighted by Crippen LogP contribution is -2.13. The first-order valence-electron chi connectivity index (χ1n) is 5.79. The van der Waals surface area contributed by atoms with E-state index in [1.54, 1.807) is 36.4 Å². The van der Waals surface area contributed by atoms with Gasteiger partial charge in [0.25, 0.3) is 5.91 Å². The van der Waals surface area contributed by atoms with Gasteiger partial charge < -0.3 is 10.1 Å². The summed E-state index contributed by atoms with van der Waals surface area (Å²) in [5.74, 6) is 0.156. The Labute approximate surface area is 121 Å². The fourth-order valence-electron chi connectivity index (χ4n) is 1.71. The topological polar surface area (TPSA) is 62.1 Å². The maximum absolute atomic E-state index is 12.2. The molecule has 5 heteroatoms. The molecule has 0 unspecified atom stereocenters. The molecular formula is C15H11ClN2O2. The zero-order chi connectivity index (χ0) is 14.5. The molecule has 20 heavy (non-hydrogen) atoms. The predicted octanol–water partition coefficient (Wildman–Crippen LogP) is 3.47. The van der Waals surface area contributed by atoms with E-state index >= 15 is 0 Å². The van der Waals surface area contributed by atoms with Crippen LogP contribution in [0, 0.1) is 11.3 Å². The summed E-state index contributed by atoms with van der Waals surface area (Å²) in [5.41, 5.74) is 1.29. The van der Waals surface area contributed by atoms with Gasteiger partial charge in [-0.25, -0.2) is 0 Å². The standard InChI is InChI=1S/C15H11ClN2O2/c1-20-14-5-3-2-4-11(14)15(19)18-13-7-6-10(9-17)8-12(13)16/h2-8H,1H3,(H,18,19). The monoisotopic (exact) mass is 286 g/mol. The maximum atomic E-state index is 12.2. The molecule has 0 fully saturated rings. The summed E-state index contributed by atoms with van der Waals surface area (Å²) >= 11 is 6.02. The average molecular weight is 287 g/mol. The molecule has 1 N–H and O–H groups in total. The van der Waals surface area contributed by atoms with Crippen LogP contribution in [0.1, 0.15) is 15.9 Å². The van der Waals surface area contributed by atoms with Gasteiger partial charge in [-0.3, -0.25) is 4.79 Å². The number of nitrogens with one attached hydrogen (secondary N) is 1. The minimum Gasteiger partial charge on any atom is -0.496 e. The van der Waals surface area contributed by atoms with Crippen molar-refractivity contribution in [2.24, 2.45) is 0 Å². The second-order valence-corrected chi connectivity index (χ2v) is 4.37. The van der Waals surface area contributed by atoms with E-state index in [9.17, 15) is 4.79 Å². The molecule has 2 rings (SSSR count). The molecule has 2 aromatic carbocycles. The Morgan fingerprint density at radius 1 is 1.30 bits per heavy atom. The minimum absolute atomic E-state index is 0.312. The highest BCUT2D eigenvalue weighted by atomic mass is 35.5. The Morgan fingerprint density at radius 3 is 2.70 bits per heavy atom. The summed E-state index contributed by atoms with van der Waals surface area (Å²) in [4.78, 5) is 12.2. The van der Waals surface area contributed by atoms with E-state index < -0.39 is 0 Å². The summed E-state index contributed by atoms with van der Waals surface area (Å²) in [5, 5.41) is 11.8. The van der Waals surface area contributed by atoms with Gasteiger partial charge in [0.05, 0.1) is 35.0 Å². The van der Waals surface area contributed by atoms with E-state index in [0.717, 1.165) is 0 Å². The van der Waals surface area contributed by atoms with E-state index in [4.69, 9.17) is 21.6 Å². The van der Waals surface area contributed by atoms with Crippen LogP contribution in [0.3, 0.4) is 0 Å². The van der Waals surface area contributed by atoms with Gasteiger partial charge in [0, 0.05) is 0 Å². The van der Waals surface area contributed by atoms with Crippen LogP contribution in [0.15, 0.2) is 42.5 Å². The fourth-order valence-corrected chi connectivity index (χ4v) is 1.94. The van der Waals surface area contributed by atoms with Crippen LogP contribution in [-0.2, 0) is 0 Å². The maximum Gasteiger partial charge on any atom is 0.259 e. The Balaban J connectivity index is 2.26. The Morgan fingerprint density at radius 2 is 2.05 bits per heavy atom. The highest BCUT2D eigenvalue weighted by molar-refractivity contribution is 6.34. The van der Waals surface area contributed by atoms with Gasteiger partial charge in [-0.05, 0) is 30.3 Å². The number of carbonyl (C=O) groups is 1. The SMILES string of the molecule is COc1ccccc1C(=O)Nc1ccc(C#N)cc1Cl. The molecule has 0 heterocycles. The number of carbonyl (C=O) groups excluding carboxylic acids is 1. The van der Waals surface area contributed by atoms with Gasteiger partial charge in [0.2, 0.25) is 0 Å². The van der Waals surface area contributed by atoms with Gasteiger partial charge in [-0.2, -0.15) is 5.26 Å². The van der Waals surface area contributed by atoms with Crippen LogP contribution < -0.4 is 10.1 Å². The second-order valence-electron chi connectivity index (χ2n) is 3.96. The molecule has 2 aromatic rings. The van der Waals surface area contributed by atoms with Crippen molar-refractivity contribution in [2.75, 3.05) is 12.4 Å². The highest BCUT2D eigenvalue weighted by Gasteiger charge is 2.13. The molecule has 0 saturated carbocycles. The van der Waals surface area contributed by atoms with Gasteiger partial charge in [-0.1, -0.05) is 23.7 Å². The number of rotatable bonds is 3. The average Bonchev–Trinajstić information content (AvgIpc) is 2.49. The normalized spacial score (nSPS) is 9.65. The summed E-state index contributed by atoms with van der Waals surface area (Å²) in [6.45, 7) is 0. The fraction of sp³-hybridized carbons (Fsp3) is 0.0667. The molecule has 0 saturated heterocycles. The molecule has 4 nitrogen and oxygen atoms in total. The lowest BCUT2D eigenvalue weighted by Gasteiger charge is -2.10. The molecule has 0 aliphatic carbocycles. The number of amides is 1. The lowest BCUT2D eigenvalue weighted by atomic mass is 10.1. The predicted molar refractivity (Wildman–Crippen MR) is 77.1 cm³/mol. The number of hydrogen-bond donors (Lipinski definition) is 1. The number of benzene rings is 2. The first-order valence-corrected chi connectivity index (χ1v) is 6.17. The van der Waals surface area contributed by atoms with Crippen molar-refractivity contribution in [1.29, 1.82) is 5.26 Å². The number of methoxy groups -OCH3 is 1. The Kier molecular flexibility index (Phi) is 4.24. The highest BCUT2D eigenvalue weighted by Crippen LogP contribution is 2.25. The molecule has 0 radical (unpaired) electrons. The first kappa shape index (κ1) is 13.9. The van der Waals surface area contributed by atoms with Crippen molar-refractivity contribution < 1.29 is 9.53 Å². The third-order valence-corrected chi connectivity index (χ3v) is 3.01. The molecule has 0 aromatic heterocycles. The third-order valence-electron chi connectivity index (χ3n) is 2.70. The summed E-state index contributed by atoms with van der Waals surface area (Å²) < 4.78 is 5.13. The summed E-state index contributed by atoms with van der Waals surface area (Å²) in [7, 11) is 1.50. The van der Waals surface area contributed by atoms with Crippen molar-refractivity contribution in [3.05, 3.63) is 58.6 Å². The minimum atomic E-state index is -0.325. The number of ether oxygens (including phenoxy) is 1. The third kappa shape index (κ3) is 2.90. The van der Waals surface area contributed by atoms with E-state index in [1.807, 2.05) is 6.07 Å². The van der Waals surface area contributed by atoms with Crippen LogP contribution in [0.4, 0.5) is 5.69 Å². The van der Waals surface area contributed by atoms with Crippen LogP contribution in [0.2, 0.25) is 5.02 Å². The van der Waals surface area contributed by atoms with Crippen molar-refractivity contribution in [2.45, 2.75) is 0 Å². The molecule has 1 amide bonds. The smallest absolute Gasteiger partial charge is 0.259 e. The zero-order valence-corrected chi connectivity index (χ0v) is 11.4. The number of halogens is 1. The van der Waals surface area contributed by atoms with Gasteiger partial charge in [0.15, 0.2) is 0 Å². The second kappa shape index (κ2) is 6.09. The molecule has 0 aliphatic rings. The van der Waals surface area contributed by atoms with E-state index in [0.29, 0.717) is 27.6 Å². The van der Waals surface area contributed by atoms with E-state index in [1.165, 1.54) is 13.2 Å². The van der Waals surface area contributed by atoms with Crippen molar-refractivity contribution in [3.63, 3.8) is 0 Å². The quantitative estimate of drug-likeness (QED) is 0.939. The van der Waals surface area contributed by atoms with Crippen molar-refractivity contribution in [3.8, 4) is 11.8 Å². The number of nitriles is 1. The Hall–Kier alpha value is -2.51. The molecular weight excluding hydrogens is 276 g/mol. The Bertz CT molecular complexity index is 693. The number of anilines is 1. The van der Waals surface area contributed by atoms with Crippen LogP contribution in [-0.4, -0.2) is 13.0 Å². The summed E-state index contributed by atoms with van der Waals surface area (Å²) in [6, 6.07) is 13.6. The van der Waals surface area contributed by atoms with Gasteiger partial charge in [-0.15, -0.1) is 0 Å². The summed E-state index contributed by atoms with van der Waals surface area (Å²) in [6.07, 6.45) is 0. The molecule has 100 valence electrons. The molecule has 0 bridgehead atoms. The van der Waals surface area contributed by atoms with Gasteiger partial charge >= 0.3 is 0 Å². The van der Waals surface area contributed by atoms with Crippen LogP contribution in [0.25, 0.3) is 0 Å². The number of nitrogens with zero attached hydrogens (tertiary/aromatic N) is 1. The number of para-hydroxylation sites is 1. The number of hydrogen-bond acceptors (Lipinski definition) is 3. The zero-order valence-electron chi connectivity index (χ0n) is 10.7. The first-order chi connectivity index (χ1) is 9.65. The van der Waals surface area contributed by atoms with Gasteiger partial charge in [0.1, 0.15) is 5.75 Å². The van der Waals surface area contributed by atoms with E-state index in [-0.39, 0.29) is 5.91 Å². The largest absolute Gasteiger partial charge is 0.496 e. The lowest BCUT2D eigenvalue weighted by molar-refractivity contribution is 0.102. The molecule has 0 spiro atoms.